The van der Waals surface area contributed by atoms with Crippen molar-refractivity contribution in [2.75, 3.05) is 19.0 Å². The van der Waals surface area contributed by atoms with Crippen molar-refractivity contribution < 1.29 is 18.7 Å². The number of ether oxygens (including phenoxy) is 2. The predicted molar refractivity (Wildman–Crippen MR) is 86.4 cm³/mol. The number of hydrogen-bond acceptors (Lipinski definition) is 4. The molecule has 0 saturated heterocycles. The van der Waals surface area contributed by atoms with E-state index in [4.69, 9.17) is 9.47 Å². The molecule has 0 spiro atoms. The van der Waals surface area contributed by atoms with Crippen molar-refractivity contribution in [1.82, 2.24) is 5.32 Å². The number of nitrogens with one attached hydrogen (secondary N) is 1. The Hall–Kier alpha value is -2.21. The van der Waals surface area contributed by atoms with Gasteiger partial charge in [0.15, 0.2) is 11.5 Å². The van der Waals surface area contributed by atoms with Crippen molar-refractivity contribution in [2.24, 2.45) is 0 Å². The van der Waals surface area contributed by atoms with Gasteiger partial charge in [-0.1, -0.05) is 6.07 Å². The summed E-state index contributed by atoms with van der Waals surface area (Å²) in [5.41, 5.74) is 0.953. The summed E-state index contributed by atoms with van der Waals surface area (Å²) in [7, 11) is 0. The van der Waals surface area contributed by atoms with Crippen LogP contribution < -0.4 is 14.8 Å². The van der Waals surface area contributed by atoms with Crippen LogP contribution in [0.3, 0.4) is 0 Å². The van der Waals surface area contributed by atoms with Crippen molar-refractivity contribution in [2.45, 2.75) is 11.4 Å². The van der Waals surface area contributed by atoms with Crippen LogP contribution in [0.5, 0.6) is 11.5 Å². The second-order valence-electron chi connectivity index (χ2n) is 5.00. The Morgan fingerprint density at radius 2 is 1.83 bits per heavy atom. The van der Waals surface area contributed by atoms with E-state index in [1.807, 2.05) is 18.2 Å². The number of carbonyl (C=O) groups is 1. The van der Waals surface area contributed by atoms with E-state index < -0.39 is 0 Å². The van der Waals surface area contributed by atoms with Crippen LogP contribution in [-0.4, -0.2) is 24.9 Å². The van der Waals surface area contributed by atoms with E-state index in [1.54, 1.807) is 12.1 Å². The molecule has 2 aromatic rings. The van der Waals surface area contributed by atoms with Gasteiger partial charge in [-0.3, -0.25) is 4.79 Å². The fourth-order valence-electron chi connectivity index (χ4n) is 2.13. The van der Waals surface area contributed by atoms with E-state index in [2.05, 4.69) is 5.32 Å². The largest absolute Gasteiger partial charge is 0.486 e. The first kappa shape index (κ1) is 15.7. The highest BCUT2D eigenvalue weighted by atomic mass is 32.2. The molecule has 0 aliphatic carbocycles. The number of amides is 1. The number of hydrogen-bond donors (Lipinski definition) is 1. The minimum Gasteiger partial charge on any atom is -0.486 e. The molecule has 23 heavy (non-hydrogen) atoms. The lowest BCUT2D eigenvalue weighted by Gasteiger charge is -2.18. The normalized spacial score (nSPS) is 12.7. The standard InChI is InChI=1S/C17H16FNO3S/c18-13-2-4-14(5-3-13)23-11-17(20)19-10-12-1-6-15-16(9-12)22-8-7-21-15/h1-6,9H,7-8,10-11H2,(H,19,20). The van der Waals surface area contributed by atoms with Crippen LogP contribution in [0.1, 0.15) is 5.56 Å². The zero-order valence-electron chi connectivity index (χ0n) is 12.4. The third kappa shape index (κ3) is 4.39. The highest BCUT2D eigenvalue weighted by Gasteiger charge is 2.12. The Kier molecular flexibility index (Phi) is 5.02. The summed E-state index contributed by atoms with van der Waals surface area (Å²) in [6.07, 6.45) is 0. The summed E-state index contributed by atoms with van der Waals surface area (Å²) >= 11 is 1.37. The topological polar surface area (TPSA) is 47.6 Å². The van der Waals surface area contributed by atoms with Gasteiger partial charge in [-0.2, -0.15) is 0 Å². The second-order valence-corrected chi connectivity index (χ2v) is 6.05. The monoisotopic (exact) mass is 333 g/mol. The minimum atomic E-state index is -0.280. The van der Waals surface area contributed by atoms with E-state index in [0.29, 0.717) is 25.5 Å². The van der Waals surface area contributed by atoms with Gasteiger partial charge in [0.2, 0.25) is 5.91 Å². The zero-order chi connectivity index (χ0) is 16.1. The van der Waals surface area contributed by atoms with Gasteiger partial charge in [0, 0.05) is 11.4 Å². The molecule has 1 amide bonds. The van der Waals surface area contributed by atoms with Crippen LogP contribution in [0.25, 0.3) is 0 Å². The molecule has 0 aromatic heterocycles. The minimum absolute atomic E-state index is 0.0748. The molecular weight excluding hydrogens is 317 g/mol. The first-order valence-electron chi connectivity index (χ1n) is 7.24. The second kappa shape index (κ2) is 7.37. The summed E-state index contributed by atoms with van der Waals surface area (Å²) in [6.45, 7) is 1.53. The average molecular weight is 333 g/mol. The molecule has 0 unspecified atom stereocenters. The summed E-state index contributed by atoms with van der Waals surface area (Å²) in [5.74, 6) is 1.38. The number of benzene rings is 2. The third-order valence-corrected chi connectivity index (χ3v) is 4.29. The van der Waals surface area contributed by atoms with Crippen molar-refractivity contribution in [3.63, 3.8) is 0 Å². The molecular formula is C17H16FNO3S. The fourth-order valence-corrected chi connectivity index (χ4v) is 2.86. The summed E-state index contributed by atoms with van der Waals surface area (Å²) in [6, 6.07) is 11.7. The Balaban J connectivity index is 1.48. The van der Waals surface area contributed by atoms with Crippen LogP contribution in [0.2, 0.25) is 0 Å². The van der Waals surface area contributed by atoms with E-state index >= 15 is 0 Å². The van der Waals surface area contributed by atoms with E-state index in [-0.39, 0.29) is 17.5 Å². The van der Waals surface area contributed by atoms with E-state index in [9.17, 15) is 9.18 Å². The van der Waals surface area contributed by atoms with Gasteiger partial charge >= 0.3 is 0 Å². The number of carbonyl (C=O) groups excluding carboxylic acids is 1. The molecule has 120 valence electrons. The van der Waals surface area contributed by atoms with Gasteiger partial charge in [0.25, 0.3) is 0 Å². The van der Waals surface area contributed by atoms with Crippen molar-refractivity contribution >= 4 is 17.7 Å². The van der Waals surface area contributed by atoms with Crippen LogP contribution in [0, 0.1) is 5.82 Å². The van der Waals surface area contributed by atoms with Crippen LogP contribution in [0.4, 0.5) is 4.39 Å². The fraction of sp³-hybridized carbons (Fsp3) is 0.235. The molecule has 1 N–H and O–H groups in total. The molecule has 3 rings (SSSR count). The Morgan fingerprint density at radius 1 is 1.09 bits per heavy atom. The number of rotatable bonds is 5. The highest BCUT2D eigenvalue weighted by Crippen LogP contribution is 2.30. The maximum Gasteiger partial charge on any atom is 0.230 e. The predicted octanol–water partition coefficient (Wildman–Crippen LogP) is 3.01. The van der Waals surface area contributed by atoms with Gasteiger partial charge in [0.1, 0.15) is 19.0 Å². The molecule has 0 bridgehead atoms. The van der Waals surface area contributed by atoms with Crippen LogP contribution in [-0.2, 0) is 11.3 Å². The molecule has 0 saturated carbocycles. The SMILES string of the molecule is O=C(CSc1ccc(F)cc1)NCc1ccc2c(c1)OCCO2. The van der Waals surface area contributed by atoms with Gasteiger partial charge in [-0.15, -0.1) is 11.8 Å². The van der Waals surface area contributed by atoms with Gasteiger partial charge in [0.05, 0.1) is 5.75 Å². The van der Waals surface area contributed by atoms with E-state index in [0.717, 1.165) is 16.2 Å². The molecule has 6 heteroatoms. The summed E-state index contributed by atoms with van der Waals surface area (Å²) < 4.78 is 23.8. The lowest BCUT2D eigenvalue weighted by atomic mass is 10.2. The first-order valence-corrected chi connectivity index (χ1v) is 8.23. The van der Waals surface area contributed by atoms with Gasteiger partial charge in [-0.25, -0.2) is 4.39 Å². The zero-order valence-corrected chi connectivity index (χ0v) is 13.2. The number of thioether (sulfide) groups is 1. The van der Waals surface area contributed by atoms with Crippen molar-refractivity contribution in [3.8, 4) is 11.5 Å². The molecule has 1 aliphatic heterocycles. The maximum atomic E-state index is 12.8. The highest BCUT2D eigenvalue weighted by molar-refractivity contribution is 8.00. The Labute approximate surface area is 138 Å². The molecule has 4 nitrogen and oxygen atoms in total. The molecule has 1 aliphatic rings. The smallest absolute Gasteiger partial charge is 0.230 e. The quantitative estimate of drug-likeness (QED) is 0.855. The van der Waals surface area contributed by atoms with Crippen LogP contribution >= 0.6 is 11.8 Å². The van der Waals surface area contributed by atoms with Crippen molar-refractivity contribution in [3.05, 3.63) is 53.8 Å². The molecule has 0 atom stereocenters. The number of halogens is 1. The Bertz CT molecular complexity index is 691. The van der Waals surface area contributed by atoms with E-state index in [1.165, 1.54) is 23.9 Å². The molecule has 1 heterocycles. The molecule has 0 radical (unpaired) electrons. The van der Waals surface area contributed by atoms with Crippen molar-refractivity contribution in [1.29, 1.82) is 0 Å². The summed E-state index contributed by atoms with van der Waals surface area (Å²) in [5, 5.41) is 2.86. The summed E-state index contributed by atoms with van der Waals surface area (Å²) in [4.78, 5) is 12.7. The van der Waals surface area contributed by atoms with Gasteiger partial charge in [-0.05, 0) is 42.0 Å². The third-order valence-electron chi connectivity index (χ3n) is 3.28. The van der Waals surface area contributed by atoms with Crippen LogP contribution in [0.15, 0.2) is 47.4 Å². The number of fused-ring (bicyclic) bond motifs is 1. The average Bonchev–Trinajstić information content (AvgIpc) is 2.59. The Morgan fingerprint density at radius 3 is 2.61 bits per heavy atom. The maximum absolute atomic E-state index is 12.8. The molecule has 0 fully saturated rings. The lowest BCUT2D eigenvalue weighted by Crippen LogP contribution is -2.24. The first-order chi connectivity index (χ1) is 11.2. The molecule has 2 aromatic carbocycles. The lowest BCUT2D eigenvalue weighted by molar-refractivity contribution is -0.118. The van der Waals surface area contributed by atoms with Gasteiger partial charge < -0.3 is 14.8 Å².